The van der Waals surface area contributed by atoms with Crippen molar-refractivity contribution in [1.29, 1.82) is 0 Å². The van der Waals surface area contributed by atoms with Gasteiger partial charge in [-0.1, -0.05) is 24.6 Å². The molecule has 0 saturated heterocycles. The second-order valence-electron chi connectivity index (χ2n) is 5.42. The minimum Gasteiger partial charge on any atom is -0.384 e. The maximum absolute atomic E-state index is 12.0. The Kier molecular flexibility index (Phi) is 5.59. The number of carbonyl (C=O) groups is 2. The standard InChI is InChI=1S/C14H21N5O2S/c1-8-7-11(15)18-14(16-8)22-9(2)12(20)19-13(21)17-10-5-3-4-6-10/h7,9-10H,3-6H2,1-2H3,(H2,15,16,18)(H2,17,19,20,21)/t9-/m1/s1. The van der Waals surface area contributed by atoms with Gasteiger partial charge in [0, 0.05) is 17.8 Å². The van der Waals surface area contributed by atoms with E-state index in [2.05, 4.69) is 20.6 Å². The van der Waals surface area contributed by atoms with Gasteiger partial charge in [-0.2, -0.15) is 0 Å². The average molecular weight is 323 g/mol. The van der Waals surface area contributed by atoms with Crippen LogP contribution in [0.5, 0.6) is 0 Å². The fourth-order valence-electron chi connectivity index (χ4n) is 2.33. The molecular weight excluding hydrogens is 302 g/mol. The molecule has 4 N–H and O–H groups in total. The minimum absolute atomic E-state index is 0.177. The van der Waals surface area contributed by atoms with Gasteiger partial charge in [0.05, 0.1) is 5.25 Å². The maximum atomic E-state index is 12.0. The van der Waals surface area contributed by atoms with Gasteiger partial charge in [0.2, 0.25) is 5.91 Å². The molecule has 1 saturated carbocycles. The minimum atomic E-state index is -0.490. The van der Waals surface area contributed by atoms with Crippen LogP contribution in [0.2, 0.25) is 0 Å². The summed E-state index contributed by atoms with van der Waals surface area (Å²) in [6, 6.07) is 1.40. The molecule has 1 aromatic rings. The number of aromatic nitrogens is 2. The maximum Gasteiger partial charge on any atom is 0.321 e. The van der Waals surface area contributed by atoms with Gasteiger partial charge < -0.3 is 11.1 Å². The van der Waals surface area contributed by atoms with Gasteiger partial charge in [-0.25, -0.2) is 14.8 Å². The van der Waals surface area contributed by atoms with Crippen molar-refractivity contribution in [2.75, 3.05) is 5.73 Å². The Morgan fingerprint density at radius 1 is 1.36 bits per heavy atom. The van der Waals surface area contributed by atoms with Crippen LogP contribution in [-0.2, 0) is 4.79 Å². The molecule has 0 bridgehead atoms. The molecule has 1 aromatic heterocycles. The molecule has 0 aromatic carbocycles. The molecule has 1 fully saturated rings. The quantitative estimate of drug-likeness (QED) is 0.573. The summed E-state index contributed by atoms with van der Waals surface area (Å²) in [6.45, 7) is 3.51. The molecule has 1 atom stereocenters. The SMILES string of the molecule is Cc1cc(N)nc(S[C@H](C)C(=O)NC(=O)NC2CCCC2)n1. The van der Waals surface area contributed by atoms with Crippen LogP contribution in [0.25, 0.3) is 0 Å². The first-order valence-corrected chi connectivity index (χ1v) is 8.21. The summed E-state index contributed by atoms with van der Waals surface area (Å²) in [6.07, 6.45) is 4.19. The molecule has 1 aliphatic carbocycles. The average Bonchev–Trinajstić information content (AvgIpc) is 2.89. The van der Waals surface area contributed by atoms with Crippen molar-refractivity contribution in [1.82, 2.24) is 20.6 Å². The lowest BCUT2D eigenvalue weighted by atomic mass is 10.2. The van der Waals surface area contributed by atoms with E-state index in [9.17, 15) is 9.59 Å². The van der Waals surface area contributed by atoms with E-state index >= 15 is 0 Å². The zero-order chi connectivity index (χ0) is 16.1. The summed E-state index contributed by atoms with van der Waals surface area (Å²) in [5, 5.41) is 5.11. The van der Waals surface area contributed by atoms with Crippen LogP contribution in [0.1, 0.15) is 38.3 Å². The van der Waals surface area contributed by atoms with Crippen molar-refractivity contribution in [3.05, 3.63) is 11.8 Å². The molecule has 1 heterocycles. The van der Waals surface area contributed by atoms with Crippen LogP contribution in [0.4, 0.5) is 10.6 Å². The lowest BCUT2D eigenvalue weighted by Gasteiger charge is -2.14. The zero-order valence-corrected chi connectivity index (χ0v) is 13.6. The van der Waals surface area contributed by atoms with Crippen LogP contribution < -0.4 is 16.4 Å². The molecule has 0 radical (unpaired) electrons. The Hall–Kier alpha value is -1.83. The number of nitrogens with zero attached hydrogens (tertiary/aromatic N) is 2. The highest BCUT2D eigenvalue weighted by atomic mass is 32.2. The largest absolute Gasteiger partial charge is 0.384 e. The fraction of sp³-hybridized carbons (Fsp3) is 0.571. The predicted octanol–water partition coefficient (Wildman–Crippen LogP) is 1.62. The Bertz CT molecular complexity index is 540. The number of thioether (sulfide) groups is 1. The molecule has 22 heavy (non-hydrogen) atoms. The number of rotatable bonds is 4. The van der Waals surface area contributed by atoms with Crippen molar-refractivity contribution in [2.45, 2.75) is 56.0 Å². The van der Waals surface area contributed by atoms with E-state index in [-0.39, 0.29) is 11.9 Å². The van der Waals surface area contributed by atoms with Crippen molar-refractivity contribution in [3.63, 3.8) is 0 Å². The number of imide groups is 1. The zero-order valence-electron chi connectivity index (χ0n) is 12.8. The number of amides is 3. The van der Waals surface area contributed by atoms with Crippen molar-refractivity contribution >= 4 is 29.5 Å². The number of aryl methyl sites for hydroxylation is 1. The normalized spacial score (nSPS) is 16.3. The number of nitrogen functional groups attached to an aromatic ring is 1. The van der Waals surface area contributed by atoms with Crippen LogP contribution in [0, 0.1) is 6.92 Å². The smallest absolute Gasteiger partial charge is 0.321 e. The monoisotopic (exact) mass is 323 g/mol. The third-order valence-electron chi connectivity index (χ3n) is 3.43. The summed E-state index contributed by atoms with van der Waals surface area (Å²) < 4.78 is 0. The number of hydrogen-bond donors (Lipinski definition) is 3. The molecule has 0 aliphatic heterocycles. The molecule has 0 unspecified atom stereocenters. The first-order valence-electron chi connectivity index (χ1n) is 7.33. The molecule has 120 valence electrons. The predicted molar refractivity (Wildman–Crippen MR) is 85.4 cm³/mol. The van der Waals surface area contributed by atoms with E-state index in [1.165, 1.54) is 11.8 Å². The number of anilines is 1. The van der Waals surface area contributed by atoms with Crippen molar-refractivity contribution < 1.29 is 9.59 Å². The van der Waals surface area contributed by atoms with E-state index in [4.69, 9.17) is 5.73 Å². The third kappa shape index (κ3) is 4.87. The highest BCUT2D eigenvalue weighted by Crippen LogP contribution is 2.21. The van der Waals surface area contributed by atoms with Crippen molar-refractivity contribution in [2.24, 2.45) is 0 Å². The van der Waals surface area contributed by atoms with Gasteiger partial charge in [-0.3, -0.25) is 10.1 Å². The van der Waals surface area contributed by atoms with Crippen LogP contribution in [0.15, 0.2) is 11.2 Å². The highest BCUT2D eigenvalue weighted by molar-refractivity contribution is 8.00. The Morgan fingerprint density at radius 2 is 2.05 bits per heavy atom. The van der Waals surface area contributed by atoms with Gasteiger partial charge in [0.15, 0.2) is 5.16 Å². The lowest BCUT2D eigenvalue weighted by molar-refractivity contribution is -0.119. The second-order valence-corrected chi connectivity index (χ2v) is 6.73. The van der Waals surface area contributed by atoms with E-state index in [1.54, 1.807) is 13.0 Å². The lowest BCUT2D eigenvalue weighted by Crippen LogP contribution is -2.45. The molecule has 2 rings (SSSR count). The summed E-state index contributed by atoms with van der Waals surface area (Å²) in [7, 11) is 0. The van der Waals surface area contributed by atoms with Crippen LogP contribution in [0.3, 0.4) is 0 Å². The van der Waals surface area contributed by atoms with Crippen molar-refractivity contribution in [3.8, 4) is 0 Å². The van der Waals surface area contributed by atoms with Gasteiger partial charge in [-0.05, 0) is 26.7 Å². The van der Waals surface area contributed by atoms with E-state index in [0.29, 0.717) is 11.0 Å². The summed E-state index contributed by atoms with van der Waals surface area (Å²) in [4.78, 5) is 32.1. The van der Waals surface area contributed by atoms with Crippen LogP contribution >= 0.6 is 11.8 Å². The molecule has 1 aliphatic rings. The molecule has 3 amide bonds. The third-order valence-corrected chi connectivity index (χ3v) is 4.39. The topological polar surface area (TPSA) is 110 Å². The Morgan fingerprint density at radius 3 is 2.68 bits per heavy atom. The van der Waals surface area contributed by atoms with E-state index in [0.717, 1.165) is 31.4 Å². The molecule has 7 nitrogen and oxygen atoms in total. The van der Waals surface area contributed by atoms with Gasteiger partial charge >= 0.3 is 6.03 Å². The van der Waals surface area contributed by atoms with E-state index < -0.39 is 11.3 Å². The Labute approximate surface area is 133 Å². The first-order chi connectivity index (χ1) is 10.4. The van der Waals surface area contributed by atoms with Crippen LogP contribution in [-0.4, -0.2) is 33.2 Å². The second kappa shape index (κ2) is 7.44. The molecular formula is C14H21N5O2S. The molecule has 8 heteroatoms. The number of carbonyl (C=O) groups excluding carboxylic acids is 2. The summed E-state index contributed by atoms with van der Waals surface area (Å²) in [5.41, 5.74) is 6.39. The molecule has 0 spiro atoms. The number of urea groups is 1. The highest BCUT2D eigenvalue weighted by Gasteiger charge is 2.21. The van der Waals surface area contributed by atoms with Gasteiger partial charge in [0.25, 0.3) is 0 Å². The van der Waals surface area contributed by atoms with Gasteiger partial charge in [0.1, 0.15) is 5.82 Å². The first kappa shape index (κ1) is 16.5. The van der Waals surface area contributed by atoms with Gasteiger partial charge in [-0.15, -0.1) is 0 Å². The number of nitrogens with two attached hydrogens (primary N) is 1. The van der Waals surface area contributed by atoms with E-state index in [1.807, 2.05) is 6.92 Å². The fourth-order valence-corrected chi connectivity index (χ4v) is 3.17. The Balaban J connectivity index is 1.84. The summed E-state index contributed by atoms with van der Waals surface area (Å²) in [5.74, 6) is -0.00856. The number of hydrogen-bond acceptors (Lipinski definition) is 6. The number of nitrogens with one attached hydrogen (secondary N) is 2. The summed E-state index contributed by atoms with van der Waals surface area (Å²) >= 11 is 1.17.